The third-order valence-electron chi connectivity index (χ3n) is 6.51. The molecule has 0 aliphatic rings. The molecule has 554 valence electrons. The largest absolute Gasteiger partial charge is 0.426 e. The van der Waals surface area contributed by atoms with Crippen molar-refractivity contribution in [2.24, 2.45) is 14.1 Å². The van der Waals surface area contributed by atoms with Crippen LogP contribution in [-0.2, 0) is 14.1 Å². The summed E-state index contributed by atoms with van der Waals surface area (Å²) < 4.78 is 12.3. The molecular formula is C66H147N25OS2. The van der Waals surface area contributed by atoms with Crippen molar-refractivity contribution in [3.8, 4) is 0 Å². The zero-order chi connectivity index (χ0) is 68.2. The van der Waals surface area contributed by atoms with Crippen LogP contribution in [0.2, 0.25) is 0 Å². The number of nitrogens with zero attached hydrogens (tertiary/aromatic N) is 19. The average molecular weight is 1370 g/mol. The maximum Gasteiger partial charge on any atom is 0.213 e. The topological polar surface area (TPSA) is 337 Å². The molecule has 0 atom stereocenters. The molecule has 0 aliphatic heterocycles. The maximum atomic E-state index is 4.86. The molecule has 0 radical (unpaired) electrons. The van der Waals surface area contributed by atoms with Gasteiger partial charge < -0.3 is 8.98 Å². The molecule has 0 aromatic carbocycles. The number of aromatic amines is 6. The van der Waals surface area contributed by atoms with Crippen LogP contribution in [0.1, 0.15) is 245 Å². The molecule has 26 nitrogen and oxygen atoms in total. The van der Waals surface area contributed by atoms with Crippen LogP contribution in [-0.4, -0.2) is 125 Å². The lowest BCUT2D eigenvalue weighted by Gasteiger charge is -1.77. The molecule has 0 bridgehead atoms. The first kappa shape index (κ1) is 130. The minimum Gasteiger partial charge on any atom is -0.426 e. The second-order valence-electron chi connectivity index (χ2n) is 13.1. The van der Waals surface area contributed by atoms with Gasteiger partial charge in [0.2, 0.25) is 11.8 Å². The van der Waals surface area contributed by atoms with Crippen molar-refractivity contribution in [1.29, 1.82) is 0 Å². The van der Waals surface area contributed by atoms with Gasteiger partial charge >= 0.3 is 0 Å². The molecule has 0 spiro atoms. The summed E-state index contributed by atoms with van der Waals surface area (Å²) >= 11 is 3.15. The summed E-state index contributed by atoms with van der Waals surface area (Å²) in [5.41, 5.74) is 3.39. The van der Waals surface area contributed by atoms with Crippen LogP contribution < -0.4 is 0 Å². The minimum atomic E-state index is 0. The molecule has 94 heavy (non-hydrogen) atoms. The van der Waals surface area contributed by atoms with Gasteiger partial charge in [-0.05, 0) is 104 Å². The van der Waals surface area contributed by atoms with Crippen molar-refractivity contribution >= 4 is 22.9 Å². The Morgan fingerprint density at radius 3 is 0.862 bits per heavy atom. The summed E-state index contributed by atoms with van der Waals surface area (Å²) in [6.45, 7) is 56.9. The number of H-pyrrole nitrogens is 6. The van der Waals surface area contributed by atoms with Crippen molar-refractivity contribution in [3.63, 3.8) is 0 Å². The van der Waals surface area contributed by atoms with E-state index in [2.05, 4.69) is 116 Å². The molecule has 28 heteroatoms. The predicted octanol–water partition coefficient (Wildman–Crippen LogP) is 20.3. The molecule has 0 saturated heterocycles. The Kier molecular flexibility index (Phi) is 156. The first-order valence-corrected chi connectivity index (χ1v) is 30.7. The fourth-order valence-corrected chi connectivity index (χ4v) is 4.43. The number of rotatable bonds is 0. The zero-order valence-corrected chi connectivity index (χ0v) is 60.1. The Bertz CT molecular complexity index is 2070. The lowest BCUT2D eigenvalue weighted by Crippen LogP contribution is -1.83. The van der Waals surface area contributed by atoms with Gasteiger partial charge in [-0.15, -0.1) is 41.9 Å². The summed E-state index contributed by atoms with van der Waals surface area (Å²) in [5, 5.41) is 65.7. The second-order valence-corrected chi connectivity index (χ2v) is 15.5. The van der Waals surface area contributed by atoms with E-state index in [-0.39, 0.29) is 59.4 Å². The van der Waals surface area contributed by atoms with Gasteiger partial charge in [-0.1, -0.05) is 184 Å². The molecule has 0 fully saturated rings. The van der Waals surface area contributed by atoms with Crippen molar-refractivity contribution in [2.45, 2.75) is 260 Å². The van der Waals surface area contributed by atoms with E-state index in [4.69, 9.17) is 4.42 Å². The van der Waals surface area contributed by atoms with E-state index in [1.807, 2.05) is 238 Å². The molecule has 0 unspecified atom stereocenters. The first-order valence-electron chi connectivity index (χ1n) is 29.1. The predicted molar refractivity (Wildman–Crippen MR) is 414 cm³/mol. The molecule has 11 aromatic heterocycles. The monoisotopic (exact) mass is 1370 g/mol. The van der Waals surface area contributed by atoms with E-state index in [9.17, 15) is 0 Å². The fraction of sp³-hybridized carbons (Fsp3) is 0.591. The maximum absolute atomic E-state index is 4.86. The Morgan fingerprint density at radius 1 is 0.415 bits per heavy atom. The van der Waals surface area contributed by atoms with Gasteiger partial charge in [-0.2, -0.15) is 35.7 Å². The van der Waals surface area contributed by atoms with E-state index in [0.29, 0.717) is 11.8 Å². The summed E-state index contributed by atoms with van der Waals surface area (Å²) in [4.78, 5) is 12.5. The van der Waals surface area contributed by atoms with Gasteiger partial charge in [-0.3, -0.25) is 35.3 Å². The van der Waals surface area contributed by atoms with Gasteiger partial charge in [0.15, 0.2) is 0 Å². The van der Waals surface area contributed by atoms with E-state index in [1.165, 1.54) is 41.0 Å². The van der Waals surface area contributed by atoms with Crippen molar-refractivity contribution in [2.75, 3.05) is 0 Å². The highest BCUT2D eigenvalue weighted by molar-refractivity contribution is 7.11. The average Bonchev–Trinajstić information content (AvgIpc) is 4.57. The highest BCUT2D eigenvalue weighted by Crippen LogP contribution is 2.04. The quantitative estimate of drug-likeness (QED) is 0.0821. The Morgan fingerprint density at radius 2 is 0.777 bits per heavy atom. The zero-order valence-electron chi connectivity index (χ0n) is 58.5. The van der Waals surface area contributed by atoms with Crippen molar-refractivity contribution in [3.05, 3.63) is 160 Å². The molecule has 11 aromatic rings. The molecule has 0 amide bonds. The highest BCUT2D eigenvalue weighted by atomic mass is 32.1. The third-order valence-corrected chi connectivity index (χ3v) is 7.92. The van der Waals surface area contributed by atoms with Crippen molar-refractivity contribution in [1.82, 2.24) is 125 Å². The van der Waals surface area contributed by atoms with E-state index >= 15 is 0 Å². The molecule has 6 N–H and O–H groups in total. The number of nitrogens with one attached hydrogen (secondary N) is 6. The first-order chi connectivity index (χ1) is 41.6. The number of hydrogen-bond donors (Lipinski definition) is 6. The summed E-state index contributed by atoms with van der Waals surface area (Å²) in [6.07, 6.45) is 20.3. The Hall–Kier alpha value is -8.27. The summed E-state index contributed by atoms with van der Waals surface area (Å²) in [6, 6.07) is 7.71. The van der Waals surface area contributed by atoms with Gasteiger partial charge in [0, 0.05) is 81.4 Å². The second kappa shape index (κ2) is 112. The molecule has 0 saturated carbocycles. The van der Waals surface area contributed by atoms with Gasteiger partial charge in [0.25, 0.3) is 0 Å². The smallest absolute Gasteiger partial charge is 0.213 e. The highest BCUT2D eigenvalue weighted by Gasteiger charge is 1.90. The lowest BCUT2D eigenvalue weighted by molar-refractivity contribution is 0.489. The van der Waals surface area contributed by atoms with Crippen LogP contribution in [0.3, 0.4) is 0 Å². The van der Waals surface area contributed by atoms with Crippen LogP contribution in [0, 0.1) is 76.2 Å². The number of aryl methyl sites for hydroxylation is 13. The van der Waals surface area contributed by atoms with E-state index in [0.717, 1.165) is 38.9 Å². The molecule has 11 heterocycles. The SMILES string of the molecule is C.C.C.C.C.C.C.C.CC.CC.CC.CC.CC.CC.CC.CC.CC.Cc1ccn[nH]1.Cc1ccn[nH]1.Cc1ccns1.Cc1cn[nH]c1.Cc1ncn[nH]1.Cc1ncn[nH]1.Cc1ncn[nH]1.Cc1nnc(C)o1.Cc1nnc(C)s1.Cn1cccn1.Cn1cnnc1. The van der Waals surface area contributed by atoms with E-state index in [1.54, 1.807) is 78.1 Å². The van der Waals surface area contributed by atoms with Crippen LogP contribution in [0.15, 0.2) is 104 Å². The van der Waals surface area contributed by atoms with Crippen LogP contribution >= 0.6 is 22.9 Å². The van der Waals surface area contributed by atoms with Crippen LogP contribution in [0.4, 0.5) is 0 Å². The van der Waals surface area contributed by atoms with E-state index < -0.39 is 0 Å². The van der Waals surface area contributed by atoms with Gasteiger partial charge in [0.05, 0.1) is 6.20 Å². The van der Waals surface area contributed by atoms with Gasteiger partial charge in [0.1, 0.15) is 59.1 Å². The molecule has 0 aliphatic carbocycles. The van der Waals surface area contributed by atoms with Crippen LogP contribution in [0.25, 0.3) is 0 Å². The molecular weight excluding hydrogens is 1220 g/mol. The molecule has 11 rings (SSSR count). The Labute approximate surface area is 584 Å². The summed E-state index contributed by atoms with van der Waals surface area (Å²) in [5.74, 6) is 3.81. The minimum absolute atomic E-state index is 0. The number of hydrogen-bond acceptors (Lipinski definition) is 20. The van der Waals surface area contributed by atoms with Crippen molar-refractivity contribution < 1.29 is 4.42 Å². The fourth-order valence-electron chi connectivity index (χ4n) is 3.43. The number of aromatic nitrogens is 25. The lowest BCUT2D eigenvalue weighted by atomic mass is 10.4. The van der Waals surface area contributed by atoms with Crippen LogP contribution in [0.5, 0.6) is 0 Å². The third kappa shape index (κ3) is 108. The normalized spacial score (nSPS) is 7.05. The summed E-state index contributed by atoms with van der Waals surface area (Å²) in [7, 11) is 3.76. The standard InChI is InChI=1S/C4H6N2O.C4H6N2S.4C4H6N2.C4H5NS.4C3H5N3.9C2H6.8CH4/c2*1-3-5-6-4(2)7-3;1-4-2-5-6-3-4;1-6-4-2-3-5-6;3*1-4-2-3-5-6-4;1-6-2-4-5-3-6;3*1-3-4-2-5-6-3;9*1-2;;;;;;;;/h2*1-2H3;2-3H,1H3,(H,5,6);2-4H,1H3;2*2-3H,1H3,(H,5,6);2*2-3H,1H3;3*2H,1H3,(H,4,5,6);9*1-2H3;8*1H4. The van der Waals surface area contributed by atoms with Gasteiger partial charge in [-0.25, -0.2) is 19.3 Å². The Balaban J connectivity index is -0.0000000448.